The third kappa shape index (κ3) is 4.58. The zero-order valence-corrected chi connectivity index (χ0v) is 15.9. The molecule has 0 fully saturated rings. The average Bonchev–Trinajstić information content (AvgIpc) is 3.04. The van der Waals surface area contributed by atoms with Gasteiger partial charge >= 0.3 is 0 Å². The van der Waals surface area contributed by atoms with Crippen LogP contribution in [0.1, 0.15) is 16.5 Å². The Morgan fingerprint density at radius 1 is 1.38 bits per heavy atom. The van der Waals surface area contributed by atoms with Crippen molar-refractivity contribution in [1.29, 1.82) is 0 Å². The molecule has 1 aromatic carbocycles. The molecule has 1 aromatic heterocycles. The Labute approximate surface area is 155 Å². The van der Waals surface area contributed by atoms with E-state index in [1.807, 2.05) is 0 Å². The highest BCUT2D eigenvalue weighted by atomic mass is 32.2. The van der Waals surface area contributed by atoms with Crippen molar-refractivity contribution < 1.29 is 23.1 Å². The summed E-state index contributed by atoms with van der Waals surface area (Å²) >= 11 is 1.24. The number of likely N-dealkylation sites (N-methyl/N-ethyl adjacent to an activating group) is 1. The number of hydrogen-bond acceptors (Lipinski definition) is 7. The Kier molecular flexibility index (Phi) is 6.70. The molecule has 1 heterocycles. The van der Waals surface area contributed by atoms with E-state index in [2.05, 4.69) is 10.5 Å². The van der Waals surface area contributed by atoms with Gasteiger partial charge in [0.2, 0.25) is 10.0 Å². The summed E-state index contributed by atoms with van der Waals surface area (Å²) in [7, 11) is -0.875. The van der Waals surface area contributed by atoms with Gasteiger partial charge in [-0.15, -0.1) is 16.5 Å². The van der Waals surface area contributed by atoms with Crippen molar-refractivity contribution in [3.8, 4) is 0 Å². The highest BCUT2D eigenvalue weighted by Gasteiger charge is 2.28. The first-order valence-corrected chi connectivity index (χ1v) is 9.91. The highest BCUT2D eigenvalue weighted by molar-refractivity contribution is 7.89. The van der Waals surface area contributed by atoms with Crippen LogP contribution < -0.4 is 5.32 Å². The lowest BCUT2D eigenvalue weighted by Gasteiger charge is -2.21. The summed E-state index contributed by atoms with van der Waals surface area (Å²) in [6, 6.07) is 6.75. The first-order chi connectivity index (χ1) is 12.3. The van der Waals surface area contributed by atoms with Crippen LogP contribution in [0.4, 0.5) is 9.39 Å². The van der Waals surface area contributed by atoms with Gasteiger partial charge in [-0.25, -0.2) is 12.8 Å². The number of aliphatic hydroxyl groups excluding tert-OH is 1. The largest absolute Gasteiger partial charge is 0.411 e. The van der Waals surface area contributed by atoms with Gasteiger partial charge < -0.3 is 15.6 Å². The van der Waals surface area contributed by atoms with Gasteiger partial charge in [0, 0.05) is 38.2 Å². The van der Waals surface area contributed by atoms with Crippen molar-refractivity contribution in [2.24, 2.45) is 5.16 Å². The number of halogens is 1. The lowest BCUT2D eigenvalue weighted by molar-refractivity contribution is 0.155. The molecule has 0 aliphatic carbocycles. The van der Waals surface area contributed by atoms with Gasteiger partial charge in [-0.05, 0) is 23.8 Å². The van der Waals surface area contributed by atoms with E-state index in [0.29, 0.717) is 21.9 Å². The molecule has 142 valence electrons. The van der Waals surface area contributed by atoms with Crippen molar-refractivity contribution in [1.82, 2.24) is 4.31 Å². The minimum absolute atomic E-state index is 0.0835. The number of aliphatic hydroxyl groups is 1. The first kappa shape index (κ1) is 20.3. The Balaban J connectivity index is 2.22. The average molecular weight is 401 g/mol. The Morgan fingerprint density at radius 2 is 2.04 bits per heavy atom. The van der Waals surface area contributed by atoms with Crippen LogP contribution in [0.25, 0.3) is 0 Å². The van der Waals surface area contributed by atoms with Crippen LogP contribution in [0.2, 0.25) is 0 Å². The second kappa shape index (κ2) is 8.58. The molecular weight excluding hydrogens is 381 g/mol. The van der Waals surface area contributed by atoms with E-state index in [9.17, 15) is 17.9 Å². The zero-order valence-electron chi connectivity index (χ0n) is 14.3. The topological polar surface area (TPSA) is 102 Å². The molecule has 0 aliphatic rings. The van der Waals surface area contributed by atoms with E-state index in [-0.39, 0.29) is 11.4 Å². The summed E-state index contributed by atoms with van der Waals surface area (Å²) in [5.74, 6) is -0.433. The minimum Gasteiger partial charge on any atom is -0.411 e. The van der Waals surface area contributed by atoms with Gasteiger partial charge in [0.05, 0.1) is 6.10 Å². The van der Waals surface area contributed by atoms with Crippen LogP contribution in [0.3, 0.4) is 0 Å². The fraction of sp³-hybridized carbons (Fsp3) is 0.312. The van der Waals surface area contributed by atoms with E-state index in [0.717, 1.165) is 4.31 Å². The van der Waals surface area contributed by atoms with Crippen molar-refractivity contribution in [2.75, 3.05) is 26.0 Å². The molecule has 2 aromatic rings. The number of oxime groups is 1. The number of rotatable bonds is 8. The van der Waals surface area contributed by atoms with Crippen LogP contribution in [0.15, 0.2) is 40.4 Å². The van der Waals surface area contributed by atoms with Crippen LogP contribution in [0, 0.1) is 5.82 Å². The second-order valence-corrected chi connectivity index (χ2v) is 8.66. The molecule has 10 heteroatoms. The first-order valence-electron chi connectivity index (χ1n) is 7.65. The third-order valence-electron chi connectivity index (χ3n) is 3.72. The molecule has 0 saturated carbocycles. The number of nitrogens with one attached hydrogen (secondary N) is 1. The summed E-state index contributed by atoms with van der Waals surface area (Å²) < 4.78 is 39.7. The van der Waals surface area contributed by atoms with Gasteiger partial charge in [-0.1, -0.05) is 12.1 Å². The Hall–Kier alpha value is -2.01. The molecule has 0 bridgehead atoms. The van der Waals surface area contributed by atoms with E-state index >= 15 is 0 Å². The molecule has 1 unspecified atom stereocenters. The molecule has 0 aliphatic heterocycles. The summed E-state index contributed by atoms with van der Waals surface area (Å²) in [6.45, 7) is -0.180. The smallest absolute Gasteiger partial charge is 0.245 e. The fourth-order valence-electron chi connectivity index (χ4n) is 2.32. The fourth-order valence-corrected chi connectivity index (χ4v) is 4.99. The number of hydrogen-bond donors (Lipinski definition) is 3. The predicted molar refractivity (Wildman–Crippen MR) is 99.0 cm³/mol. The lowest BCUT2D eigenvalue weighted by atomic mass is 10.1. The molecular formula is C16H20FN3O4S2. The second-order valence-electron chi connectivity index (χ2n) is 5.51. The zero-order chi connectivity index (χ0) is 19.3. The van der Waals surface area contributed by atoms with Gasteiger partial charge in [-0.2, -0.15) is 4.31 Å². The van der Waals surface area contributed by atoms with Gasteiger partial charge in [0.1, 0.15) is 15.7 Å². The summed E-state index contributed by atoms with van der Waals surface area (Å²) in [5.41, 5.74) is 0.424. The monoisotopic (exact) mass is 401 g/mol. The third-order valence-corrected chi connectivity index (χ3v) is 6.87. The molecule has 1 atom stereocenters. The maximum Gasteiger partial charge on any atom is 0.245 e. The number of benzene rings is 1. The van der Waals surface area contributed by atoms with E-state index in [1.54, 1.807) is 7.05 Å². The molecule has 0 amide bonds. The maximum absolute atomic E-state index is 13.0. The highest BCUT2D eigenvalue weighted by Crippen LogP contribution is 2.33. The number of thiophene rings is 1. The van der Waals surface area contributed by atoms with Gasteiger partial charge in [-0.3, -0.25) is 0 Å². The summed E-state index contributed by atoms with van der Waals surface area (Å²) in [4.78, 5) is 0.790. The Morgan fingerprint density at radius 3 is 2.62 bits per heavy atom. The number of nitrogens with zero attached hydrogens (tertiary/aromatic N) is 2. The van der Waals surface area contributed by atoms with E-state index in [4.69, 9.17) is 5.21 Å². The van der Waals surface area contributed by atoms with Crippen LogP contribution >= 0.6 is 11.3 Å². The molecule has 7 nitrogen and oxygen atoms in total. The Bertz CT molecular complexity index is 866. The quantitative estimate of drug-likeness (QED) is 0.358. The number of anilines is 1. The molecule has 26 heavy (non-hydrogen) atoms. The van der Waals surface area contributed by atoms with Crippen molar-refractivity contribution >= 4 is 32.6 Å². The molecule has 2 rings (SSSR count). The van der Waals surface area contributed by atoms with E-state index in [1.165, 1.54) is 54.9 Å². The van der Waals surface area contributed by atoms with Gasteiger partial charge in [0.15, 0.2) is 0 Å². The lowest BCUT2D eigenvalue weighted by Crippen LogP contribution is -2.31. The van der Waals surface area contributed by atoms with Crippen LogP contribution in [-0.4, -0.2) is 49.9 Å². The molecule has 3 N–H and O–H groups in total. The summed E-state index contributed by atoms with van der Waals surface area (Å²) in [5, 5.41) is 25.0. The van der Waals surface area contributed by atoms with Crippen molar-refractivity contribution in [3.05, 3.63) is 46.6 Å². The van der Waals surface area contributed by atoms with Crippen LogP contribution in [0.5, 0.6) is 0 Å². The molecule has 0 saturated heterocycles. The van der Waals surface area contributed by atoms with Crippen molar-refractivity contribution in [3.63, 3.8) is 0 Å². The number of sulfonamides is 1. The van der Waals surface area contributed by atoms with Crippen LogP contribution in [-0.2, 0) is 16.4 Å². The van der Waals surface area contributed by atoms with Crippen molar-refractivity contribution in [2.45, 2.75) is 17.4 Å². The van der Waals surface area contributed by atoms with E-state index < -0.39 is 21.9 Å². The minimum atomic E-state index is -3.86. The van der Waals surface area contributed by atoms with Gasteiger partial charge in [0.25, 0.3) is 0 Å². The predicted octanol–water partition coefficient (Wildman–Crippen LogP) is 2.29. The summed E-state index contributed by atoms with van der Waals surface area (Å²) in [6.07, 6.45) is 0.477. The normalized spacial score (nSPS) is 13.4. The SMILES string of the molecule is CNc1sc(CC=NO)cc1S(=O)(=O)N(C)CC(O)c1ccc(F)cc1. The standard InChI is InChI=1S/C16H20FN3O4S2/c1-18-16-15(9-13(25-16)7-8-19-22)26(23,24)20(2)10-14(21)11-3-5-12(17)6-4-11/h3-6,8-9,14,18,21-22H,7,10H2,1-2H3. The molecule has 0 radical (unpaired) electrons. The molecule has 0 spiro atoms. The maximum atomic E-state index is 13.0.